The van der Waals surface area contributed by atoms with Crippen LogP contribution in [-0.4, -0.2) is 17.5 Å². The van der Waals surface area contributed by atoms with Crippen LogP contribution in [0.15, 0.2) is 42.7 Å². The lowest BCUT2D eigenvalue weighted by molar-refractivity contribution is -0.116. The minimum absolute atomic E-state index is 0.0165. The SMILES string of the molecule is CNCc1ccn(CC(=O)Nc2cccc(C)c2)c1. The fourth-order valence-electron chi connectivity index (χ4n) is 1.99. The van der Waals surface area contributed by atoms with Gasteiger partial charge in [0.15, 0.2) is 0 Å². The molecule has 0 spiro atoms. The van der Waals surface area contributed by atoms with E-state index in [4.69, 9.17) is 0 Å². The topological polar surface area (TPSA) is 46.1 Å². The summed E-state index contributed by atoms with van der Waals surface area (Å²) >= 11 is 0. The zero-order chi connectivity index (χ0) is 13.7. The molecule has 4 nitrogen and oxygen atoms in total. The number of aromatic nitrogens is 1. The molecule has 4 heteroatoms. The Hall–Kier alpha value is -2.07. The van der Waals surface area contributed by atoms with Crippen molar-refractivity contribution in [2.45, 2.75) is 20.0 Å². The molecule has 1 aromatic carbocycles. The van der Waals surface area contributed by atoms with Gasteiger partial charge in [-0.25, -0.2) is 0 Å². The van der Waals surface area contributed by atoms with Gasteiger partial charge in [0.25, 0.3) is 0 Å². The molecule has 1 aromatic heterocycles. The summed E-state index contributed by atoms with van der Waals surface area (Å²) in [7, 11) is 1.90. The van der Waals surface area contributed by atoms with E-state index < -0.39 is 0 Å². The van der Waals surface area contributed by atoms with Crippen LogP contribution in [0.1, 0.15) is 11.1 Å². The third kappa shape index (κ3) is 3.96. The number of rotatable bonds is 5. The monoisotopic (exact) mass is 257 g/mol. The normalized spacial score (nSPS) is 10.4. The Morgan fingerprint density at radius 3 is 2.89 bits per heavy atom. The molecule has 100 valence electrons. The fourth-order valence-corrected chi connectivity index (χ4v) is 1.99. The minimum Gasteiger partial charge on any atom is -0.345 e. The van der Waals surface area contributed by atoms with Crippen molar-refractivity contribution in [1.82, 2.24) is 9.88 Å². The third-order valence-corrected chi connectivity index (χ3v) is 2.82. The second kappa shape index (κ2) is 6.20. The van der Waals surface area contributed by atoms with E-state index in [1.807, 2.05) is 61.3 Å². The molecule has 0 atom stereocenters. The Balaban J connectivity index is 1.93. The molecule has 0 unspecified atom stereocenters. The van der Waals surface area contributed by atoms with Crippen molar-refractivity contribution in [2.24, 2.45) is 0 Å². The molecule has 2 N–H and O–H groups in total. The number of nitrogens with one attached hydrogen (secondary N) is 2. The molecule has 0 aliphatic carbocycles. The average molecular weight is 257 g/mol. The Morgan fingerprint density at radius 2 is 2.16 bits per heavy atom. The van der Waals surface area contributed by atoms with Crippen molar-refractivity contribution in [1.29, 1.82) is 0 Å². The van der Waals surface area contributed by atoms with Gasteiger partial charge in [-0.2, -0.15) is 0 Å². The molecule has 19 heavy (non-hydrogen) atoms. The predicted octanol–water partition coefficient (Wildman–Crippen LogP) is 2.15. The first-order valence-electron chi connectivity index (χ1n) is 6.33. The standard InChI is InChI=1S/C15H19N3O/c1-12-4-3-5-14(8-12)17-15(19)11-18-7-6-13(10-18)9-16-2/h3-8,10,16H,9,11H2,1-2H3,(H,17,19). The number of anilines is 1. The Morgan fingerprint density at radius 1 is 1.32 bits per heavy atom. The maximum absolute atomic E-state index is 11.9. The van der Waals surface area contributed by atoms with Gasteiger partial charge in [0.1, 0.15) is 6.54 Å². The van der Waals surface area contributed by atoms with Gasteiger partial charge in [-0.3, -0.25) is 4.79 Å². The number of hydrogen-bond acceptors (Lipinski definition) is 2. The number of benzene rings is 1. The summed E-state index contributed by atoms with van der Waals surface area (Å²) in [5.74, 6) is -0.0165. The van der Waals surface area contributed by atoms with Gasteiger partial charge in [-0.05, 0) is 43.3 Å². The quantitative estimate of drug-likeness (QED) is 0.862. The smallest absolute Gasteiger partial charge is 0.244 e. The van der Waals surface area contributed by atoms with Crippen molar-refractivity contribution in [3.05, 3.63) is 53.9 Å². The van der Waals surface area contributed by atoms with Crippen molar-refractivity contribution in [3.8, 4) is 0 Å². The summed E-state index contributed by atoms with van der Waals surface area (Å²) < 4.78 is 1.89. The molecule has 0 fully saturated rings. The van der Waals surface area contributed by atoms with E-state index in [-0.39, 0.29) is 5.91 Å². The van der Waals surface area contributed by atoms with Gasteiger partial charge in [0, 0.05) is 24.6 Å². The maximum Gasteiger partial charge on any atom is 0.244 e. The van der Waals surface area contributed by atoms with Gasteiger partial charge in [0.05, 0.1) is 0 Å². The van der Waals surface area contributed by atoms with Crippen molar-refractivity contribution < 1.29 is 4.79 Å². The van der Waals surface area contributed by atoms with Gasteiger partial charge >= 0.3 is 0 Å². The highest BCUT2D eigenvalue weighted by Crippen LogP contribution is 2.09. The van der Waals surface area contributed by atoms with Gasteiger partial charge < -0.3 is 15.2 Å². The molecule has 0 aliphatic heterocycles. The van der Waals surface area contributed by atoms with Gasteiger partial charge in [-0.15, -0.1) is 0 Å². The van der Waals surface area contributed by atoms with Crippen LogP contribution in [0.2, 0.25) is 0 Å². The Bertz CT molecular complexity index is 560. The first kappa shape index (κ1) is 13.4. The average Bonchev–Trinajstić information content (AvgIpc) is 2.77. The molecule has 1 amide bonds. The van der Waals surface area contributed by atoms with E-state index in [0.717, 1.165) is 17.8 Å². The molecule has 0 saturated carbocycles. The zero-order valence-corrected chi connectivity index (χ0v) is 11.3. The summed E-state index contributed by atoms with van der Waals surface area (Å²) in [5, 5.41) is 5.98. The Labute approximate surface area is 113 Å². The number of hydrogen-bond donors (Lipinski definition) is 2. The summed E-state index contributed by atoms with van der Waals surface area (Å²) in [5.41, 5.74) is 3.15. The molecule has 0 radical (unpaired) electrons. The molecule has 2 aromatic rings. The van der Waals surface area contributed by atoms with Crippen LogP contribution in [0.5, 0.6) is 0 Å². The third-order valence-electron chi connectivity index (χ3n) is 2.82. The summed E-state index contributed by atoms with van der Waals surface area (Å²) in [4.78, 5) is 11.9. The van der Waals surface area contributed by atoms with Crippen LogP contribution >= 0.6 is 0 Å². The molecule has 0 aliphatic rings. The lowest BCUT2D eigenvalue weighted by Gasteiger charge is -2.06. The molecular formula is C15H19N3O. The Kier molecular flexibility index (Phi) is 4.36. The fraction of sp³-hybridized carbons (Fsp3) is 0.267. The van der Waals surface area contributed by atoms with E-state index in [1.54, 1.807) is 0 Å². The number of nitrogens with zero attached hydrogens (tertiary/aromatic N) is 1. The first-order chi connectivity index (χ1) is 9.17. The number of carbonyl (C=O) groups is 1. The van der Waals surface area contributed by atoms with Crippen molar-refractivity contribution >= 4 is 11.6 Å². The highest BCUT2D eigenvalue weighted by atomic mass is 16.1. The van der Waals surface area contributed by atoms with E-state index in [1.165, 1.54) is 5.56 Å². The second-order valence-electron chi connectivity index (χ2n) is 4.64. The molecule has 0 saturated heterocycles. The van der Waals surface area contributed by atoms with E-state index in [9.17, 15) is 4.79 Å². The number of amides is 1. The van der Waals surface area contributed by atoms with E-state index in [2.05, 4.69) is 10.6 Å². The van der Waals surface area contributed by atoms with Crippen LogP contribution in [0.4, 0.5) is 5.69 Å². The lowest BCUT2D eigenvalue weighted by atomic mass is 10.2. The highest BCUT2D eigenvalue weighted by molar-refractivity contribution is 5.90. The van der Waals surface area contributed by atoms with Crippen LogP contribution < -0.4 is 10.6 Å². The van der Waals surface area contributed by atoms with Crippen LogP contribution in [0.25, 0.3) is 0 Å². The number of aryl methyl sites for hydroxylation is 1. The predicted molar refractivity (Wildman–Crippen MR) is 77.0 cm³/mol. The molecule has 0 bridgehead atoms. The minimum atomic E-state index is -0.0165. The van der Waals surface area contributed by atoms with Crippen LogP contribution in [0, 0.1) is 6.92 Å². The van der Waals surface area contributed by atoms with Crippen LogP contribution in [0.3, 0.4) is 0 Å². The van der Waals surface area contributed by atoms with E-state index in [0.29, 0.717) is 6.54 Å². The number of carbonyl (C=O) groups excluding carboxylic acids is 1. The summed E-state index contributed by atoms with van der Waals surface area (Å²) in [6, 6.07) is 9.81. The van der Waals surface area contributed by atoms with Crippen molar-refractivity contribution in [3.63, 3.8) is 0 Å². The molecule has 1 heterocycles. The molecular weight excluding hydrogens is 238 g/mol. The van der Waals surface area contributed by atoms with E-state index >= 15 is 0 Å². The second-order valence-corrected chi connectivity index (χ2v) is 4.64. The lowest BCUT2D eigenvalue weighted by Crippen LogP contribution is -2.17. The van der Waals surface area contributed by atoms with Crippen molar-refractivity contribution in [2.75, 3.05) is 12.4 Å². The maximum atomic E-state index is 11.9. The van der Waals surface area contributed by atoms with Gasteiger partial charge in [0.2, 0.25) is 5.91 Å². The highest BCUT2D eigenvalue weighted by Gasteiger charge is 2.04. The largest absolute Gasteiger partial charge is 0.345 e. The van der Waals surface area contributed by atoms with Gasteiger partial charge in [-0.1, -0.05) is 12.1 Å². The molecule has 2 rings (SSSR count). The van der Waals surface area contributed by atoms with Crippen LogP contribution in [-0.2, 0) is 17.9 Å². The summed E-state index contributed by atoms with van der Waals surface area (Å²) in [6.07, 6.45) is 3.90. The summed E-state index contributed by atoms with van der Waals surface area (Å²) in [6.45, 7) is 3.15. The first-order valence-corrected chi connectivity index (χ1v) is 6.33. The zero-order valence-electron chi connectivity index (χ0n) is 11.3.